The maximum absolute atomic E-state index is 12.6. The van der Waals surface area contributed by atoms with Crippen molar-refractivity contribution >= 4 is 38.5 Å². The van der Waals surface area contributed by atoms with Gasteiger partial charge in [0.1, 0.15) is 0 Å². The zero-order valence-corrected chi connectivity index (χ0v) is 17.6. The fourth-order valence-corrected chi connectivity index (χ4v) is 4.82. The highest BCUT2D eigenvalue weighted by molar-refractivity contribution is 7.22. The lowest BCUT2D eigenvalue weighted by Crippen LogP contribution is -2.47. The van der Waals surface area contributed by atoms with Crippen molar-refractivity contribution in [2.45, 2.75) is 51.2 Å². The van der Waals surface area contributed by atoms with Crippen LogP contribution in [0, 0.1) is 0 Å². The Morgan fingerprint density at radius 1 is 1.21 bits per heavy atom. The third kappa shape index (κ3) is 4.76. The summed E-state index contributed by atoms with van der Waals surface area (Å²) in [6, 6.07) is 6.04. The Labute approximate surface area is 174 Å². The Morgan fingerprint density at radius 3 is 2.69 bits per heavy atom. The van der Waals surface area contributed by atoms with Crippen molar-refractivity contribution in [3.63, 3.8) is 0 Å². The minimum Gasteiger partial charge on any atom is -0.347 e. The Morgan fingerprint density at radius 2 is 1.97 bits per heavy atom. The van der Waals surface area contributed by atoms with Gasteiger partial charge in [-0.15, -0.1) is 0 Å². The number of hydrogen-bond acceptors (Lipinski definition) is 6. The van der Waals surface area contributed by atoms with Gasteiger partial charge in [-0.3, -0.25) is 9.59 Å². The van der Waals surface area contributed by atoms with Gasteiger partial charge in [-0.1, -0.05) is 24.3 Å². The maximum atomic E-state index is 12.6. The monoisotopic (exact) mass is 417 g/mol. The molecule has 0 unspecified atom stereocenters. The van der Waals surface area contributed by atoms with Crippen LogP contribution in [0.2, 0.25) is 0 Å². The Hall–Kier alpha value is -2.03. The van der Waals surface area contributed by atoms with E-state index in [1.165, 1.54) is 11.3 Å². The number of likely N-dealkylation sites (tertiary alicyclic amines) is 1. The van der Waals surface area contributed by atoms with Crippen LogP contribution in [0.4, 0.5) is 5.13 Å². The highest BCUT2D eigenvalue weighted by atomic mass is 32.1. The summed E-state index contributed by atoms with van der Waals surface area (Å²) in [5.74, 6) is -0.276. The number of benzene rings is 1. The molecule has 7 nitrogen and oxygen atoms in total. The Kier molecular flexibility index (Phi) is 6.12. The second-order valence-electron chi connectivity index (χ2n) is 7.61. The molecule has 1 aromatic heterocycles. The van der Waals surface area contributed by atoms with Crippen LogP contribution in [0.1, 0.15) is 44.6 Å². The molecule has 1 N–H and O–H groups in total. The van der Waals surface area contributed by atoms with E-state index in [4.69, 9.17) is 9.47 Å². The van der Waals surface area contributed by atoms with Crippen molar-refractivity contribution in [2.75, 3.05) is 31.6 Å². The SMILES string of the molecule is CCCC(=O)Nc1nc2ccc(CCC(=O)N3CCC4(CC3)OCCO4)cc2s1. The van der Waals surface area contributed by atoms with Gasteiger partial charge in [-0.25, -0.2) is 4.98 Å². The Balaban J connectivity index is 1.31. The molecule has 0 radical (unpaired) electrons. The number of thiazole rings is 1. The molecule has 3 heterocycles. The second kappa shape index (κ2) is 8.77. The first kappa shape index (κ1) is 20.3. The van der Waals surface area contributed by atoms with Gasteiger partial charge in [0.2, 0.25) is 11.8 Å². The number of rotatable bonds is 6. The van der Waals surface area contributed by atoms with E-state index in [1.807, 2.05) is 24.0 Å². The lowest BCUT2D eigenvalue weighted by atomic mass is 10.0. The van der Waals surface area contributed by atoms with Crippen molar-refractivity contribution in [3.05, 3.63) is 23.8 Å². The van der Waals surface area contributed by atoms with Crippen molar-refractivity contribution in [3.8, 4) is 0 Å². The molecule has 0 bridgehead atoms. The molecule has 2 fully saturated rings. The average Bonchev–Trinajstić information content (AvgIpc) is 3.33. The summed E-state index contributed by atoms with van der Waals surface area (Å²) in [7, 11) is 0. The van der Waals surface area contributed by atoms with Crippen LogP contribution in [0.3, 0.4) is 0 Å². The number of nitrogens with one attached hydrogen (secondary N) is 1. The number of carbonyl (C=O) groups excluding carboxylic acids is 2. The third-order valence-electron chi connectivity index (χ3n) is 5.50. The predicted molar refractivity (Wildman–Crippen MR) is 112 cm³/mol. The zero-order chi connectivity index (χ0) is 20.3. The first-order valence-corrected chi connectivity index (χ1v) is 11.1. The number of carbonyl (C=O) groups is 2. The van der Waals surface area contributed by atoms with Crippen LogP contribution in [0.5, 0.6) is 0 Å². The van der Waals surface area contributed by atoms with Crippen molar-refractivity contribution < 1.29 is 19.1 Å². The van der Waals surface area contributed by atoms with Crippen LogP contribution in [-0.4, -0.2) is 53.8 Å². The maximum Gasteiger partial charge on any atom is 0.226 e. The van der Waals surface area contributed by atoms with Gasteiger partial charge in [-0.05, 0) is 30.5 Å². The van der Waals surface area contributed by atoms with Gasteiger partial charge in [0.15, 0.2) is 10.9 Å². The van der Waals surface area contributed by atoms with Crippen LogP contribution in [0.15, 0.2) is 18.2 Å². The van der Waals surface area contributed by atoms with Gasteiger partial charge >= 0.3 is 0 Å². The fourth-order valence-electron chi connectivity index (χ4n) is 3.88. The minimum atomic E-state index is -0.446. The van der Waals surface area contributed by atoms with E-state index in [0.717, 1.165) is 35.0 Å². The molecule has 4 rings (SSSR count). The molecule has 1 spiro atoms. The topological polar surface area (TPSA) is 80.8 Å². The number of ether oxygens (including phenoxy) is 2. The summed E-state index contributed by atoms with van der Waals surface area (Å²) >= 11 is 1.47. The first-order valence-electron chi connectivity index (χ1n) is 10.3. The molecule has 156 valence electrons. The van der Waals surface area contributed by atoms with Gasteiger partial charge in [0.05, 0.1) is 23.4 Å². The van der Waals surface area contributed by atoms with E-state index in [-0.39, 0.29) is 11.8 Å². The normalized spacial score (nSPS) is 18.4. The largest absolute Gasteiger partial charge is 0.347 e. The van der Waals surface area contributed by atoms with Crippen molar-refractivity contribution in [1.82, 2.24) is 9.88 Å². The standard InChI is InChI=1S/C21H27N3O4S/c1-2-3-18(25)23-20-22-16-6-4-15(14-17(16)29-20)5-7-19(26)24-10-8-21(9-11-24)27-12-13-28-21/h4,6,14H,2-3,5,7-13H2,1H3,(H,22,23,25). The molecule has 8 heteroatoms. The number of anilines is 1. The quantitative estimate of drug-likeness (QED) is 0.780. The van der Waals surface area contributed by atoms with Crippen LogP contribution in [0.25, 0.3) is 10.2 Å². The number of aromatic nitrogens is 1. The number of amides is 2. The van der Waals surface area contributed by atoms with E-state index < -0.39 is 5.79 Å². The first-order chi connectivity index (χ1) is 14.1. The molecule has 2 amide bonds. The molecule has 0 aliphatic carbocycles. The van der Waals surface area contributed by atoms with Crippen molar-refractivity contribution in [1.29, 1.82) is 0 Å². The Bertz CT molecular complexity index is 881. The lowest BCUT2D eigenvalue weighted by molar-refractivity contribution is -0.187. The number of piperidine rings is 1. The molecule has 2 aromatic rings. The predicted octanol–water partition coefficient (Wildman–Crippen LogP) is 3.33. The molecule has 29 heavy (non-hydrogen) atoms. The summed E-state index contributed by atoms with van der Waals surface area (Å²) in [6.07, 6.45) is 3.99. The summed E-state index contributed by atoms with van der Waals surface area (Å²) < 4.78 is 12.5. The van der Waals surface area contributed by atoms with Gasteiger partial charge in [0, 0.05) is 38.8 Å². The molecule has 2 aliphatic heterocycles. The highest BCUT2D eigenvalue weighted by Crippen LogP contribution is 2.32. The summed E-state index contributed by atoms with van der Waals surface area (Å²) in [4.78, 5) is 30.8. The molecule has 0 atom stereocenters. The van der Waals surface area contributed by atoms with E-state index in [9.17, 15) is 9.59 Å². The molecule has 1 aromatic carbocycles. The summed E-state index contributed by atoms with van der Waals surface area (Å²) in [6.45, 7) is 4.65. The third-order valence-corrected chi connectivity index (χ3v) is 6.43. The number of nitrogens with zero attached hydrogens (tertiary/aromatic N) is 2. The van der Waals surface area contributed by atoms with Crippen molar-refractivity contribution in [2.24, 2.45) is 0 Å². The van der Waals surface area contributed by atoms with Crippen LogP contribution in [-0.2, 0) is 25.5 Å². The van der Waals surface area contributed by atoms with Crippen LogP contribution >= 0.6 is 11.3 Å². The summed E-state index contributed by atoms with van der Waals surface area (Å²) in [5, 5.41) is 3.48. The van der Waals surface area contributed by atoms with Gasteiger partial charge in [-0.2, -0.15) is 0 Å². The fraction of sp³-hybridized carbons (Fsp3) is 0.571. The number of aryl methyl sites for hydroxylation is 1. The molecular weight excluding hydrogens is 390 g/mol. The summed E-state index contributed by atoms with van der Waals surface area (Å²) in [5.41, 5.74) is 1.98. The van der Waals surface area contributed by atoms with E-state index in [1.54, 1.807) is 0 Å². The average molecular weight is 418 g/mol. The van der Waals surface area contributed by atoms with Crippen LogP contribution < -0.4 is 5.32 Å². The van der Waals surface area contributed by atoms with E-state index in [0.29, 0.717) is 50.7 Å². The second-order valence-corrected chi connectivity index (χ2v) is 8.64. The van der Waals surface area contributed by atoms with E-state index in [2.05, 4.69) is 16.4 Å². The molecule has 2 aliphatic rings. The molecule has 0 saturated carbocycles. The minimum absolute atomic E-state index is 0.00547. The number of hydrogen-bond donors (Lipinski definition) is 1. The molecular formula is C21H27N3O4S. The lowest BCUT2D eigenvalue weighted by Gasteiger charge is -2.37. The highest BCUT2D eigenvalue weighted by Gasteiger charge is 2.40. The number of fused-ring (bicyclic) bond motifs is 1. The van der Waals surface area contributed by atoms with Gasteiger partial charge < -0.3 is 19.7 Å². The zero-order valence-electron chi connectivity index (χ0n) is 16.7. The van der Waals surface area contributed by atoms with Gasteiger partial charge in [0.25, 0.3) is 0 Å². The smallest absolute Gasteiger partial charge is 0.226 e. The molecule has 2 saturated heterocycles. The van der Waals surface area contributed by atoms with E-state index >= 15 is 0 Å².